The highest BCUT2D eigenvalue weighted by atomic mass is 32.1. The third-order valence-corrected chi connectivity index (χ3v) is 6.84. The van der Waals surface area contributed by atoms with E-state index in [1.54, 1.807) is 11.3 Å². The molecule has 1 N–H and O–H groups in total. The van der Waals surface area contributed by atoms with Crippen molar-refractivity contribution in [1.82, 2.24) is 19.9 Å². The lowest BCUT2D eigenvalue weighted by Gasteiger charge is -2.31. The average Bonchev–Trinajstić information content (AvgIpc) is 3.47. The summed E-state index contributed by atoms with van der Waals surface area (Å²) in [6.07, 6.45) is 2.02. The molecule has 1 fully saturated rings. The van der Waals surface area contributed by atoms with Crippen LogP contribution in [0.3, 0.4) is 0 Å². The maximum absolute atomic E-state index is 13.0. The Balaban J connectivity index is 1.35. The second-order valence-corrected chi connectivity index (χ2v) is 8.55. The Hall–Kier alpha value is -2.51. The van der Waals surface area contributed by atoms with Crippen LogP contribution >= 0.6 is 22.7 Å². The number of para-hydroxylation sites is 2. The van der Waals surface area contributed by atoms with Gasteiger partial charge in [0.1, 0.15) is 16.5 Å². The highest BCUT2D eigenvalue weighted by Crippen LogP contribution is 2.30. The normalized spacial score (nSPS) is 17.5. The molecule has 0 unspecified atom stereocenters. The zero-order valence-corrected chi connectivity index (χ0v) is 16.2. The molecule has 27 heavy (non-hydrogen) atoms. The second kappa shape index (κ2) is 6.90. The Kier molecular flexibility index (Phi) is 4.26. The fourth-order valence-electron chi connectivity index (χ4n) is 3.60. The standard InChI is InChI=1S/C20H18N4OS2/c25-20(16-12-27-19(23-16)17-8-4-10-26-17)24-9-3-5-13(11-24)18-21-14-6-1-2-7-15(14)22-18/h1-2,4,6-8,10,12-13H,3,5,9,11H2,(H,21,22)/t13-/m0/s1. The lowest BCUT2D eigenvalue weighted by atomic mass is 9.97. The number of carbonyl (C=O) groups is 1. The van der Waals surface area contributed by atoms with Crippen LogP contribution in [-0.2, 0) is 0 Å². The second-order valence-electron chi connectivity index (χ2n) is 6.74. The Morgan fingerprint density at radius 1 is 1.15 bits per heavy atom. The van der Waals surface area contributed by atoms with Crippen LogP contribution in [0.25, 0.3) is 20.9 Å². The highest BCUT2D eigenvalue weighted by molar-refractivity contribution is 7.20. The molecule has 0 aliphatic carbocycles. The number of H-pyrrole nitrogens is 1. The average molecular weight is 395 g/mol. The molecule has 1 amide bonds. The van der Waals surface area contributed by atoms with Gasteiger partial charge in [0.2, 0.25) is 0 Å². The van der Waals surface area contributed by atoms with E-state index in [1.165, 1.54) is 11.3 Å². The molecule has 4 heterocycles. The van der Waals surface area contributed by atoms with Gasteiger partial charge < -0.3 is 9.88 Å². The summed E-state index contributed by atoms with van der Waals surface area (Å²) in [5.41, 5.74) is 2.58. The number of rotatable bonds is 3. The zero-order valence-electron chi connectivity index (χ0n) is 14.6. The molecule has 1 atom stereocenters. The first-order chi connectivity index (χ1) is 13.3. The van der Waals surface area contributed by atoms with Crippen molar-refractivity contribution in [3.63, 3.8) is 0 Å². The van der Waals surface area contributed by atoms with Crippen LogP contribution < -0.4 is 0 Å². The number of hydrogen-bond donors (Lipinski definition) is 1. The van der Waals surface area contributed by atoms with Crippen molar-refractivity contribution in [3.05, 3.63) is 58.7 Å². The maximum Gasteiger partial charge on any atom is 0.273 e. The Morgan fingerprint density at radius 3 is 2.93 bits per heavy atom. The number of benzene rings is 1. The number of carbonyl (C=O) groups excluding carboxylic acids is 1. The molecular formula is C20H18N4OS2. The molecule has 0 radical (unpaired) electrons. The number of thiazole rings is 1. The van der Waals surface area contributed by atoms with E-state index >= 15 is 0 Å². The smallest absolute Gasteiger partial charge is 0.273 e. The summed E-state index contributed by atoms with van der Waals surface area (Å²) < 4.78 is 0. The van der Waals surface area contributed by atoms with Crippen LogP contribution in [-0.4, -0.2) is 38.8 Å². The van der Waals surface area contributed by atoms with E-state index in [1.807, 2.05) is 52.1 Å². The molecule has 0 bridgehead atoms. The largest absolute Gasteiger partial charge is 0.342 e. The molecule has 5 rings (SSSR count). The minimum Gasteiger partial charge on any atom is -0.342 e. The molecule has 5 nitrogen and oxygen atoms in total. The van der Waals surface area contributed by atoms with Crippen molar-refractivity contribution < 1.29 is 4.79 Å². The van der Waals surface area contributed by atoms with Gasteiger partial charge in [-0.1, -0.05) is 18.2 Å². The molecular weight excluding hydrogens is 376 g/mol. The Bertz CT molecular complexity index is 1050. The van der Waals surface area contributed by atoms with Crippen molar-refractivity contribution in [2.75, 3.05) is 13.1 Å². The quantitative estimate of drug-likeness (QED) is 0.544. The van der Waals surface area contributed by atoms with Crippen molar-refractivity contribution in [2.45, 2.75) is 18.8 Å². The van der Waals surface area contributed by atoms with Crippen LogP contribution in [0.15, 0.2) is 47.2 Å². The summed E-state index contributed by atoms with van der Waals surface area (Å²) in [5.74, 6) is 1.24. The lowest BCUT2D eigenvalue weighted by molar-refractivity contribution is 0.0700. The van der Waals surface area contributed by atoms with Gasteiger partial charge in [0.05, 0.1) is 15.9 Å². The van der Waals surface area contributed by atoms with Crippen LogP contribution in [0.4, 0.5) is 0 Å². The first kappa shape index (κ1) is 16.6. The van der Waals surface area contributed by atoms with Crippen molar-refractivity contribution in [2.24, 2.45) is 0 Å². The van der Waals surface area contributed by atoms with Gasteiger partial charge in [0.15, 0.2) is 0 Å². The minimum atomic E-state index is 0.0230. The number of fused-ring (bicyclic) bond motifs is 1. The lowest BCUT2D eigenvalue weighted by Crippen LogP contribution is -2.39. The number of amides is 1. The fourth-order valence-corrected chi connectivity index (χ4v) is 5.21. The van der Waals surface area contributed by atoms with E-state index in [0.29, 0.717) is 12.2 Å². The highest BCUT2D eigenvalue weighted by Gasteiger charge is 2.28. The maximum atomic E-state index is 13.0. The van der Waals surface area contributed by atoms with Gasteiger partial charge in [-0.05, 0) is 36.4 Å². The summed E-state index contributed by atoms with van der Waals surface area (Å²) in [7, 11) is 0. The molecule has 1 aromatic carbocycles. The number of piperidine rings is 1. The molecule has 1 aliphatic heterocycles. The first-order valence-electron chi connectivity index (χ1n) is 9.01. The molecule has 7 heteroatoms. The van der Waals surface area contributed by atoms with E-state index < -0.39 is 0 Å². The summed E-state index contributed by atoms with van der Waals surface area (Å²) in [6, 6.07) is 12.1. The molecule has 3 aromatic heterocycles. The minimum absolute atomic E-state index is 0.0230. The van der Waals surface area contributed by atoms with E-state index in [-0.39, 0.29) is 11.8 Å². The molecule has 0 saturated carbocycles. The number of aromatic amines is 1. The SMILES string of the molecule is O=C(c1csc(-c2cccs2)n1)N1CCC[C@H](c2nc3ccccc3[nH]2)C1. The summed E-state index contributed by atoms with van der Waals surface area (Å²) in [4.78, 5) is 28.7. The van der Waals surface area contributed by atoms with E-state index in [4.69, 9.17) is 4.98 Å². The number of nitrogens with one attached hydrogen (secondary N) is 1. The van der Waals surface area contributed by atoms with Crippen LogP contribution in [0.5, 0.6) is 0 Å². The van der Waals surface area contributed by atoms with E-state index in [0.717, 1.165) is 46.1 Å². The number of likely N-dealkylation sites (tertiary alicyclic amines) is 1. The monoisotopic (exact) mass is 394 g/mol. The fraction of sp³-hybridized carbons (Fsp3) is 0.250. The van der Waals surface area contributed by atoms with Crippen LogP contribution in [0.2, 0.25) is 0 Å². The van der Waals surface area contributed by atoms with E-state index in [2.05, 4.69) is 9.97 Å². The molecule has 0 spiro atoms. The van der Waals surface area contributed by atoms with Crippen molar-refractivity contribution in [3.8, 4) is 9.88 Å². The number of hydrogen-bond acceptors (Lipinski definition) is 5. The van der Waals surface area contributed by atoms with Gasteiger partial charge in [-0.3, -0.25) is 4.79 Å². The van der Waals surface area contributed by atoms with Crippen LogP contribution in [0.1, 0.15) is 35.1 Å². The summed E-state index contributed by atoms with van der Waals surface area (Å²) in [6.45, 7) is 1.46. The van der Waals surface area contributed by atoms with Gasteiger partial charge >= 0.3 is 0 Å². The van der Waals surface area contributed by atoms with Crippen molar-refractivity contribution >= 4 is 39.6 Å². The molecule has 1 aliphatic rings. The molecule has 4 aromatic rings. The topological polar surface area (TPSA) is 61.9 Å². The number of aromatic nitrogens is 3. The third-order valence-electron chi connectivity index (χ3n) is 4.96. The van der Waals surface area contributed by atoms with Gasteiger partial charge in [0, 0.05) is 24.4 Å². The number of nitrogens with zero attached hydrogens (tertiary/aromatic N) is 3. The van der Waals surface area contributed by atoms with Gasteiger partial charge in [0.25, 0.3) is 5.91 Å². The molecule has 1 saturated heterocycles. The summed E-state index contributed by atoms with van der Waals surface area (Å²) in [5, 5.41) is 4.82. The van der Waals surface area contributed by atoms with Gasteiger partial charge in [-0.15, -0.1) is 22.7 Å². The third kappa shape index (κ3) is 3.17. The predicted molar refractivity (Wildman–Crippen MR) is 109 cm³/mol. The Labute approximate surface area is 164 Å². The zero-order chi connectivity index (χ0) is 18.2. The summed E-state index contributed by atoms with van der Waals surface area (Å²) >= 11 is 3.18. The number of thiophene rings is 1. The van der Waals surface area contributed by atoms with Crippen LogP contribution in [0, 0.1) is 0 Å². The Morgan fingerprint density at radius 2 is 2.07 bits per heavy atom. The van der Waals surface area contributed by atoms with Gasteiger partial charge in [-0.25, -0.2) is 9.97 Å². The first-order valence-corrected chi connectivity index (χ1v) is 10.8. The van der Waals surface area contributed by atoms with Crippen molar-refractivity contribution in [1.29, 1.82) is 0 Å². The number of imidazole rings is 1. The predicted octanol–water partition coefficient (Wildman–Crippen LogP) is 4.77. The van der Waals surface area contributed by atoms with Gasteiger partial charge in [-0.2, -0.15) is 0 Å². The molecule has 136 valence electrons. The van der Waals surface area contributed by atoms with E-state index in [9.17, 15) is 4.79 Å².